The van der Waals surface area contributed by atoms with Crippen molar-refractivity contribution in [3.8, 4) is 5.75 Å². The van der Waals surface area contributed by atoms with Gasteiger partial charge in [-0.1, -0.05) is 0 Å². The van der Waals surface area contributed by atoms with Crippen molar-refractivity contribution in [2.45, 2.75) is 0 Å². The smallest absolute Gasteiger partial charge is 0.190 e. The largest absolute Gasteiger partial charge is 0.439 e. The van der Waals surface area contributed by atoms with Gasteiger partial charge in [-0.2, -0.15) is 0 Å². The van der Waals surface area contributed by atoms with Crippen molar-refractivity contribution in [3.63, 3.8) is 0 Å². The zero-order chi connectivity index (χ0) is 12.1. The molecule has 1 aliphatic rings. The van der Waals surface area contributed by atoms with E-state index < -0.39 is 0 Å². The highest BCUT2D eigenvalue weighted by Gasteiger charge is 2.16. The van der Waals surface area contributed by atoms with Crippen molar-refractivity contribution in [2.75, 3.05) is 5.32 Å². The Morgan fingerprint density at radius 3 is 3.00 bits per heavy atom. The third kappa shape index (κ3) is 1.26. The third-order valence-corrected chi connectivity index (χ3v) is 3.02. The highest BCUT2D eigenvalue weighted by atomic mass is 16.5. The lowest BCUT2D eigenvalue weighted by atomic mass is 10.1. The van der Waals surface area contributed by atoms with Gasteiger partial charge in [-0.05, 0) is 30.8 Å². The van der Waals surface area contributed by atoms with E-state index in [1.165, 1.54) is 0 Å². The van der Waals surface area contributed by atoms with E-state index in [4.69, 9.17) is 4.74 Å². The number of nitrogens with zero attached hydrogens (tertiary/aromatic N) is 2. The summed E-state index contributed by atoms with van der Waals surface area (Å²) in [6, 6.07) is 7.91. The summed E-state index contributed by atoms with van der Waals surface area (Å²) in [6.45, 7) is 3.75. The van der Waals surface area contributed by atoms with Gasteiger partial charge in [0, 0.05) is 23.2 Å². The second-order valence-electron chi connectivity index (χ2n) is 4.25. The number of pyridine rings is 2. The zero-order valence-electron chi connectivity index (χ0n) is 9.47. The molecule has 0 amide bonds. The van der Waals surface area contributed by atoms with Crippen LogP contribution in [0.3, 0.4) is 0 Å². The summed E-state index contributed by atoms with van der Waals surface area (Å²) in [6.07, 6.45) is 3.56. The van der Waals surface area contributed by atoms with Gasteiger partial charge in [-0.15, -0.1) is 0 Å². The highest BCUT2D eigenvalue weighted by molar-refractivity contribution is 5.95. The maximum Gasteiger partial charge on any atom is 0.190 e. The van der Waals surface area contributed by atoms with Crippen molar-refractivity contribution in [1.82, 2.24) is 9.97 Å². The van der Waals surface area contributed by atoms with Crippen LogP contribution in [0, 0.1) is 0 Å². The van der Waals surface area contributed by atoms with E-state index in [0.29, 0.717) is 5.88 Å². The standard InChI is InChI=1S/C14H9N3O/c1-8-16-13-6-12-9(5-14(13)18-8)4-10-7-15-3-2-11(10)17-12/h2-7,16H,1H2. The van der Waals surface area contributed by atoms with E-state index in [9.17, 15) is 0 Å². The molecular formula is C14H9N3O. The molecule has 0 saturated heterocycles. The molecule has 0 unspecified atom stereocenters. The first-order chi connectivity index (χ1) is 8.79. The van der Waals surface area contributed by atoms with Gasteiger partial charge in [-0.3, -0.25) is 4.98 Å². The number of anilines is 1. The first-order valence-corrected chi connectivity index (χ1v) is 5.62. The Balaban J connectivity index is 2.08. The zero-order valence-corrected chi connectivity index (χ0v) is 9.47. The molecule has 0 saturated carbocycles. The van der Waals surface area contributed by atoms with Crippen LogP contribution in [-0.4, -0.2) is 9.97 Å². The molecule has 1 aromatic carbocycles. The number of nitrogens with one attached hydrogen (secondary N) is 1. The minimum absolute atomic E-state index is 0.548. The van der Waals surface area contributed by atoms with Crippen LogP contribution in [0.25, 0.3) is 21.8 Å². The molecule has 0 atom stereocenters. The average Bonchev–Trinajstić information content (AvgIpc) is 2.72. The van der Waals surface area contributed by atoms with Gasteiger partial charge in [0.15, 0.2) is 11.6 Å². The van der Waals surface area contributed by atoms with Crippen LogP contribution >= 0.6 is 0 Å². The van der Waals surface area contributed by atoms with Crippen molar-refractivity contribution < 1.29 is 4.74 Å². The summed E-state index contributed by atoms with van der Waals surface area (Å²) in [5.74, 6) is 1.34. The molecule has 4 rings (SSSR count). The number of hydrogen-bond acceptors (Lipinski definition) is 4. The number of fused-ring (bicyclic) bond motifs is 3. The lowest BCUT2D eigenvalue weighted by Gasteiger charge is -2.03. The second-order valence-corrected chi connectivity index (χ2v) is 4.25. The minimum atomic E-state index is 0.548. The van der Waals surface area contributed by atoms with E-state index in [1.54, 1.807) is 6.20 Å². The van der Waals surface area contributed by atoms with Crippen LogP contribution in [-0.2, 0) is 0 Å². The SMILES string of the molecule is C=C1Nc2cc3nc4ccncc4cc3cc2O1. The molecule has 0 aliphatic carbocycles. The van der Waals surface area contributed by atoms with Crippen molar-refractivity contribution >= 4 is 27.5 Å². The van der Waals surface area contributed by atoms with Crippen molar-refractivity contribution in [1.29, 1.82) is 0 Å². The number of benzene rings is 1. The lowest BCUT2D eigenvalue weighted by molar-refractivity contribution is 0.460. The van der Waals surface area contributed by atoms with Crippen LogP contribution in [0.5, 0.6) is 5.75 Å². The van der Waals surface area contributed by atoms with E-state index in [-0.39, 0.29) is 0 Å². The topological polar surface area (TPSA) is 47.0 Å². The van der Waals surface area contributed by atoms with Crippen LogP contribution in [0.1, 0.15) is 0 Å². The molecule has 3 heterocycles. The van der Waals surface area contributed by atoms with Crippen LogP contribution in [0.2, 0.25) is 0 Å². The predicted octanol–water partition coefficient (Wildman–Crippen LogP) is 3.06. The van der Waals surface area contributed by atoms with E-state index in [1.807, 2.05) is 24.4 Å². The van der Waals surface area contributed by atoms with Gasteiger partial charge in [0.05, 0.1) is 16.7 Å². The Morgan fingerprint density at radius 2 is 2.06 bits per heavy atom. The summed E-state index contributed by atoms with van der Waals surface area (Å²) >= 11 is 0. The number of ether oxygens (including phenoxy) is 1. The first kappa shape index (κ1) is 9.41. The molecule has 2 aromatic heterocycles. The Labute approximate surface area is 103 Å². The van der Waals surface area contributed by atoms with Gasteiger partial charge in [0.25, 0.3) is 0 Å². The number of hydrogen-bond donors (Lipinski definition) is 1. The maximum atomic E-state index is 5.48. The number of rotatable bonds is 0. The molecule has 0 fully saturated rings. The van der Waals surface area contributed by atoms with E-state index in [0.717, 1.165) is 33.2 Å². The monoisotopic (exact) mass is 235 g/mol. The molecule has 0 spiro atoms. The van der Waals surface area contributed by atoms with Gasteiger partial charge < -0.3 is 10.1 Å². The van der Waals surface area contributed by atoms with Gasteiger partial charge in [0.2, 0.25) is 0 Å². The fourth-order valence-corrected chi connectivity index (χ4v) is 2.20. The normalized spacial score (nSPS) is 13.4. The Kier molecular flexibility index (Phi) is 1.67. The summed E-state index contributed by atoms with van der Waals surface area (Å²) in [7, 11) is 0. The molecule has 3 aromatic rings. The molecule has 0 bridgehead atoms. The Bertz CT molecular complexity index is 745. The second kappa shape index (κ2) is 3.20. The highest BCUT2D eigenvalue weighted by Crippen LogP contribution is 2.36. The van der Waals surface area contributed by atoms with Gasteiger partial charge in [-0.25, -0.2) is 4.98 Å². The van der Waals surface area contributed by atoms with Gasteiger partial charge in [0.1, 0.15) is 0 Å². The quantitative estimate of drug-likeness (QED) is 0.608. The summed E-state index contributed by atoms with van der Waals surface area (Å²) in [4.78, 5) is 8.72. The Morgan fingerprint density at radius 1 is 1.11 bits per heavy atom. The van der Waals surface area contributed by atoms with E-state index in [2.05, 4.69) is 27.9 Å². The molecular weight excluding hydrogens is 226 g/mol. The lowest BCUT2D eigenvalue weighted by Crippen LogP contribution is -1.92. The molecule has 1 aliphatic heterocycles. The molecule has 1 N–H and O–H groups in total. The fraction of sp³-hybridized carbons (Fsp3) is 0. The molecule has 4 nitrogen and oxygen atoms in total. The van der Waals surface area contributed by atoms with Crippen LogP contribution in [0.4, 0.5) is 5.69 Å². The predicted molar refractivity (Wildman–Crippen MR) is 70.4 cm³/mol. The molecule has 18 heavy (non-hydrogen) atoms. The molecule has 86 valence electrons. The van der Waals surface area contributed by atoms with Crippen LogP contribution < -0.4 is 10.1 Å². The maximum absolute atomic E-state index is 5.48. The first-order valence-electron chi connectivity index (χ1n) is 5.62. The van der Waals surface area contributed by atoms with Crippen molar-refractivity contribution in [3.05, 3.63) is 49.1 Å². The number of aromatic nitrogens is 2. The van der Waals surface area contributed by atoms with Gasteiger partial charge >= 0.3 is 0 Å². The summed E-state index contributed by atoms with van der Waals surface area (Å²) in [5, 5.41) is 5.12. The Hall–Kier alpha value is -2.62. The fourth-order valence-electron chi connectivity index (χ4n) is 2.20. The van der Waals surface area contributed by atoms with Crippen molar-refractivity contribution in [2.24, 2.45) is 0 Å². The molecule has 0 radical (unpaired) electrons. The third-order valence-electron chi connectivity index (χ3n) is 3.02. The summed E-state index contributed by atoms with van der Waals surface area (Å²) < 4.78 is 5.48. The average molecular weight is 235 g/mol. The summed E-state index contributed by atoms with van der Waals surface area (Å²) in [5.41, 5.74) is 2.78. The van der Waals surface area contributed by atoms with Crippen LogP contribution in [0.15, 0.2) is 49.1 Å². The molecule has 4 heteroatoms. The minimum Gasteiger partial charge on any atom is -0.439 e. The van der Waals surface area contributed by atoms with E-state index >= 15 is 0 Å².